The van der Waals surface area contributed by atoms with Crippen molar-refractivity contribution < 1.29 is 104 Å². The molecule has 0 saturated carbocycles. The molecule has 0 aliphatic carbocycles. The number of imidazole rings is 1. The maximum Gasteiger partial charge on any atom is 1.00 e. The van der Waals surface area contributed by atoms with Gasteiger partial charge in [0.2, 0.25) is 0 Å². The first-order valence-corrected chi connectivity index (χ1v) is 10.2. The number of nitrogen functional groups attached to an aromatic ring is 1. The number of aromatic nitrogens is 4. The SMILES string of the molecule is Nc1ncnc2c1ncn2[C@@H]1O[C@H](CO)[C@@H](O)[C@H]1O.O=P([O-])(O)OP(=O)(O)O.[K+]. The Hall–Kier alpha value is 0.0864. The van der Waals surface area contributed by atoms with E-state index in [0.29, 0.717) is 11.2 Å². The van der Waals surface area contributed by atoms with Crippen LogP contribution in [0.25, 0.3) is 11.2 Å². The number of nitrogens with two attached hydrogens (primary N) is 1. The van der Waals surface area contributed by atoms with Crippen LogP contribution >= 0.6 is 15.6 Å². The normalized spacial score (nSPS) is 26.3. The van der Waals surface area contributed by atoms with Crippen molar-refractivity contribution in [1.29, 1.82) is 0 Å². The Morgan fingerprint density at radius 2 is 1.83 bits per heavy atom. The molecule has 0 amide bonds. The summed E-state index contributed by atoms with van der Waals surface area (Å²) in [6, 6.07) is 0. The summed E-state index contributed by atoms with van der Waals surface area (Å²) in [5.74, 6) is 0.218. The molecule has 2 aromatic heterocycles. The number of aliphatic hydroxyl groups is 3. The van der Waals surface area contributed by atoms with E-state index in [2.05, 4.69) is 19.3 Å². The number of aliphatic hydroxyl groups excluding tert-OH is 3. The summed E-state index contributed by atoms with van der Waals surface area (Å²) in [5, 5.41) is 28.7. The second-order valence-corrected chi connectivity index (χ2v) is 7.92. The van der Waals surface area contributed by atoms with E-state index in [1.807, 2.05) is 0 Å². The Kier molecular flexibility index (Phi) is 9.91. The quantitative estimate of drug-likeness (QED) is 0.157. The minimum Gasteiger partial charge on any atom is -0.756 e. The van der Waals surface area contributed by atoms with E-state index < -0.39 is 46.8 Å². The van der Waals surface area contributed by atoms with Crippen molar-refractivity contribution in [2.45, 2.75) is 24.5 Å². The average molecular weight is 483 g/mol. The molecule has 2 aromatic rings. The number of fused-ring (bicyclic) bond motifs is 1. The predicted molar refractivity (Wildman–Crippen MR) is 85.7 cm³/mol. The Morgan fingerprint density at radius 3 is 2.28 bits per heavy atom. The third-order valence-corrected chi connectivity index (χ3v) is 5.06. The van der Waals surface area contributed by atoms with Gasteiger partial charge in [-0.2, -0.15) is 0 Å². The molecule has 0 spiro atoms. The van der Waals surface area contributed by atoms with Gasteiger partial charge in [0, 0.05) is 0 Å². The van der Waals surface area contributed by atoms with E-state index in [9.17, 15) is 24.2 Å². The number of phosphoric acid groups is 2. The van der Waals surface area contributed by atoms with Gasteiger partial charge >= 0.3 is 59.2 Å². The molecule has 158 valence electrons. The molecular weight excluding hydrogens is 467 g/mol. The van der Waals surface area contributed by atoms with E-state index in [4.69, 9.17) is 30.3 Å². The van der Waals surface area contributed by atoms with Crippen LogP contribution in [0.4, 0.5) is 5.82 Å². The summed E-state index contributed by atoms with van der Waals surface area (Å²) in [6.07, 6.45) is -1.42. The van der Waals surface area contributed by atoms with Crippen molar-refractivity contribution in [1.82, 2.24) is 19.5 Å². The zero-order valence-corrected chi connectivity index (χ0v) is 19.6. The van der Waals surface area contributed by atoms with E-state index >= 15 is 0 Å². The molecule has 16 nitrogen and oxygen atoms in total. The van der Waals surface area contributed by atoms with Gasteiger partial charge in [-0.25, -0.2) is 23.8 Å². The third kappa shape index (κ3) is 7.32. The summed E-state index contributed by atoms with van der Waals surface area (Å²) in [7, 11) is -10.4. The van der Waals surface area contributed by atoms with E-state index in [1.54, 1.807) is 0 Å². The van der Waals surface area contributed by atoms with Gasteiger partial charge in [0.15, 0.2) is 17.7 Å². The molecule has 1 unspecified atom stereocenters. The van der Waals surface area contributed by atoms with Crippen molar-refractivity contribution in [3.8, 4) is 0 Å². The van der Waals surface area contributed by atoms with Crippen LogP contribution in [0, 0.1) is 0 Å². The smallest absolute Gasteiger partial charge is 0.756 e. The number of hydrogen-bond donors (Lipinski definition) is 7. The average Bonchev–Trinajstić information content (AvgIpc) is 3.08. The minimum absolute atomic E-state index is 0. The van der Waals surface area contributed by atoms with Crippen LogP contribution < -0.4 is 62.0 Å². The van der Waals surface area contributed by atoms with Crippen LogP contribution in [-0.4, -0.2) is 74.4 Å². The molecule has 1 aliphatic rings. The van der Waals surface area contributed by atoms with Gasteiger partial charge in [0.25, 0.3) is 7.82 Å². The summed E-state index contributed by atoms with van der Waals surface area (Å²) in [4.78, 5) is 44.5. The van der Waals surface area contributed by atoms with Crippen LogP contribution in [0.3, 0.4) is 0 Å². The zero-order valence-electron chi connectivity index (χ0n) is 14.7. The van der Waals surface area contributed by atoms with Crippen LogP contribution in [0.5, 0.6) is 0 Å². The molecule has 19 heteroatoms. The molecule has 3 heterocycles. The maximum absolute atomic E-state index is 9.95. The fourth-order valence-corrected chi connectivity index (χ4v) is 3.38. The van der Waals surface area contributed by atoms with Crippen LogP contribution in [-0.2, 0) is 18.2 Å². The van der Waals surface area contributed by atoms with Crippen molar-refractivity contribution in [2.24, 2.45) is 0 Å². The fraction of sp³-hybridized carbons (Fsp3) is 0.500. The fourth-order valence-electron chi connectivity index (χ4n) is 2.30. The Labute approximate surface area is 204 Å². The first kappa shape index (κ1) is 27.1. The first-order chi connectivity index (χ1) is 12.8. The van der Waals surface area contributed by atoms with Crippen molar-refractivity contribution in [2.75, 3.05) is 12.3 Å². The number of ether oxygens (including phenoxy) is 1. The maximum atomic E-state index is 9.95. The van der Waals surface area contributed by atoms with Gasteiger partial charge in [-0.3, -0.25) is 9.13 Å². The van der Waals surface area contributed by atoms with Crippen LogP contribution in [0.15, 0.2) is 12.7 Å². The molecule has 5 atom stereocenters. The molecule has 1 aliphatic heterocycles. The van der Waals surface area contributed by atoms with Gasteiger partial charge < -0.3 is 45.4 Å². The largest absolute Gasteiger partial charge is 1.00 e. The summed E-state index contributed by atoms with van der Waals surface area (Å²) < 4.78 is 28.8. The predicted octanol–water partition coefficient (Wildman–Crippen LogP) is -6.42. The molecule has 3 rings (SSSR count). The second-order valence-electron chi connectivity index (χ2n) is 5.35. The second kappa shape index (κ2) is 10.6. The molecule has 0 bridgehead atoms. The molecular formula is C10H16KN5O11P2. The Bertz CT molecular complexity index is 899. The molecule has 29 heavy (non-hydrogen) atoms. The van der Waals surface area contributed by atoms with Crippen LogP contribution in [0.1, 0.15) is 6.23 Å². The Morgan fingerprint density at radius 1 is 1.21 bits per heavy atom. The monoisotopic (exact) mass is 483 g/mol. The molecule has 0 radical (unpaired) electrons. The molecule has 1 saturated heterocycles. The van der Waals surface area contributed by atoms with E-state index in [1.165, 1.54) is 17.2 Å². The van der Waals surface area contributed by atoms with Gasteiger partial charge in [-0.15, -0.1) is 0 Å². The molecule has 0 aromatic carbocycles. The number of anilines is 1. The van der Waals surface area contributed by atoms with E-state index in [0.717, 1.165) is 0 Å². The minimum atomic E-state index is -5.30. The molecule has 1 fully saturated rings. The third-order valence-electron chi connectivity index (χ3n) is 3.39. The van der Waals surface area contributed by atoms with Gasteiger partial charge in [-0.05, 0) is 0 Å². The number of rotatable bonds is 4. The summed E-state index contributed by atoms with van der Waals surface area (Å²) in [6.45, 7) is -0.390. The van der Waals surface area contributed by atoms with Gasteiger partial charge in [-0.1, -0.05) is 0 Å². The topological polar surface area (TPSA) is 267 Å². The number of nitrogens with zero attached hydrogens (tertiary/aromatic N) is 4. The Balaban J connectivity index is 0.000000362. The summed E-state index contributed by atoms with van der Waals surface area (Å²) >= 11 is 0. The summed E-state index contributed by atoms with van der Waals surface area (Å²) in [5.41, 5.74) is 6.44. The van der Waals surface area contributed by atoms with Crippen LogP contribution in [0.2, 0.25) is 0 Å². The van der Waals surface area contributed by atoms with Crippen molar-refractivity contribution in [3.05, 3.63) is 12.7 Å². The van der Waals surface area contributed by atoms with E-state index in [-0.39, 0.29) is 57.2 Å². The van der Waals surface area contributed by atoms with Crippen molar-refractivity contribution >= 4 is 32.6 Å². The molecule has 8 N–H and O–H groups in total. The first-order valence-electron chi connectivity index (χ1n) is 7.20. The standard InChI is InChI=1S/C10H13N5O4.K.H4O7P2/c11-8-5-9(13-2-12-8)15(3-14-5)10-7(18)6(17)4(1-16)19-10;;1-8(2,3)7-9(4,5)6/h2-4,6-7,10,16-18H,1H2,(H2,11,12,13);;(H2,1,2,3)(H2,4,5,6)/q;+1;/p-1/t4-,6-,7-,10-;;/m1../s1. The zero-order chi connectivity index (χ0) is 21.3. The van der Waals surface area contributed by atoms with Crippen molar-refractivity contribution in [3.63, 3.8) is 0 Å². The number of hydrogen-bond acceptors (Lipinski definition) is 12. The van der Waals surface area contributed by atoms with Gasteiger partial charge in [0.1, 0.15) is 30.2 Å². The van der Waals surface area contributed by atoms with Gasteiger partial charge in [0.05, 0.1) is 12.9 Å².